The van der Waals surface area contributed by atoms with Gasteiger partial charge in [0.2, 0.25) is 0 Å². The Morgan fingerprint density at radius 1 is 1.71 bits per heavy atom. The number of Topliss-reactive ketones (excluding diaryl/α,β-unsaturated/α-hetero) is 1. The largest absolute Gasteiger partial charge is 0.382 e. The molecule has 14 heavy (non-hydrogen) atoms. The summed E-state index contributed by atoms with van der Waals surface area (Å²) in [6.07, 6.45) is 4.03. The summed E-state index contributed by atoms with van der Waals surface area (Å²) >= 11 is 0. The molecule has 1 N–H and O–H groups in total. The summed E-state index contributed by atoms with van der Waals surface area (Å²) in [7, 11) is 1.83. The molecule has 1 atom stereocenters. The van der Waals surface area contributed by atoms with Crippen LogP contribution in [-0.2, 0) is 18.3 Å². The Bertz CT molecular complexity index is 329. The molecule has 0 bridgehead atoms. The molecule has 0 fully saturated rings. The van der Waals surface area contributed by atoms with Gasteiger partial charge in [-0.2, -0.15) is 0 Å². The first-order chi connectivity index (χ1) is 6.47. The zero-order valence-electron chi connectivity index (χ0n) is 8.82. The van der Waals surface area contributed by atoms with Crippen molar-refractivity contribution in [2.75, 3.05) is 0 Å². The molecule has 0 spiro atoms. The predicted octanol–water partition coefficient (Wildman–Crippen LogP) is 0.693. The minimum Gasteiger partial charge on any atom is -0.382 e. The van der Waals surface area contributed by atoms with Crippen molar-refractivity contribution >= 4 is 5.78 Å². The van der Waals surface area contributed by atoms with Crippen LogP contribution in [0, 0.1) is 0 Å². The molecule has 0 saturated heterocycles. The summed E-state index contributed by atoms with van der Waals surface area (Å²) in [4.78, 5) is 15.6. The lowest BCUT2D eigenvalue weighted by Crippen LogP contribution is -2.36. The molecule has 0 aliphatic heterocycles. The van der Waals surface area contributed by atoms with Gasteiger partial charge in [-0.15, -0.1) is 0 Å². The van der Waals surface area contributed by atoms with E-state index >= 15 is 0 Å². The third kappa shape index (κ3) is 2.20. The Morgan fingerprint density at radius 2 is 2.36 bits per heavy atom. The first kappa shape index (κ1) is 10.9. The second kappa shape index (κ2) is 3.92. The average Bonchev–Trinajstić information content (AvgIpc) is 2.52. The number of ketones is 1. The number of aryl methyl sites for hydroxylation is 1. The van der Waals surface area contributed by atoms with E-state index < -0.39 is 5.60 Å². The number of carbonyl (C=O) groups is 1. The fourth-order valence-electron chi connectivity index (χ4n) is 1.10. The van der Waals surface area contributed by atoms with E-state index in [1.54, 1.807) is 23.9 Å². The van der Waals surface area contributed by atoms with Gasteiger partial charge in [0, 0.05) is 19.4 Å². The lowest BCUT2D eigenvalue weighted by Gasteiger charge is -2.19. The summed E-state index contributed by atoms with van der Waals surface area (Å²) in [5.74, 6) is 0.498. The first-order valence-corrected chi connectivity index (χ1v) is 4.69. The summed E-state index contributed by atoms with van der Waals surface area (Å²) in [5.41, 5.74) is -1.23. The Hall–Kier alpha value is -1.16. The van der Waals surface area contributed by atoms with Crippen molar-refractivity contribution < 1.29 is 9.90 Å². The number of hydrogen-bond acceptors (Lipinski definition) is 3. The highest BCUT2D eigenvalue weighted by molar-refractivity contribution is 5.87. The number of imidazole rings is 1. The van der Waals surface area contributed by atoms with Crippen LogP contribution in [-0.4, -0.2) is 26.0 Å². The maximum atomic E-state index is 11.6. The maximum absolute atomic E-state index is 11.6. The van der Waals surface area contributed by atoms with Gasteiger partial charge in [-0.25, -0.2) is 4.98 Å². The van der Waals surface area contributed by atoms with E-state index in [1.165, 1.54) is 6.92 Å². The molecule has 0 aliphatic carbocycles. The van der Waals surface area contributed by atoms with Crippen LogP contribution < -0.4 is 0 Å². The van der Waals surface area contributed by atoms with Gasteiger partial charge >= 0.3 is 0 Å². The highest BCUT2D eigenvalue weighted by Gasteiger charge is 2.28. The third-order valence-corrected chi connectivity index (χ3v) is 2.53. The summed E-state index contributed by atoms with van der Waals surface area (Å²) in [6, 6.07) is 0. The van der Waals surface area contributed by atoms with Gasteiger partial charge in [0.15, 0.2) is 5.78 Å². The van der Waals surface area contributed by atoms with E-state index in [9.17, 15) is 9.90 Å². The Labute approximate surface area is 83.6 Å². The van der Waals surface area contributed by atoms with Crippen LogP contribution in [0.2, 0.25) is 0 Å². The van der Waals surface area contributed by atoms with Gasteiger partial charge in [0.05, 0.1) is 6.42 Å². The molecule has 0 aliphatic rings. The topological polar surface area (TPSA) is 55.1 Å². The van der Waals surface area contributed by atoms with E-state index in [4.69, 9.17) is 0 Å². The molecule has 1 heterocycles. The summed E-state index contributed by atoms with van der Waals surface area (Å²) in [5, 5.41) is 9.69. The molecular weight excluding hydrogens is 180 g/mol. The van der Waals surface area contributed by atoms with Crippen LogP contribution in [0.25, 0.3) is 0 Å². The molecule has 0 aromatic carbocycles. The van der Waals surface area contributed by atoms with Gasteiger partial charge in [-0.3, -0.25) is 4.79 Å². The molecule has 0 radical (unpaired) electrons. The van der Waals surface area contributed by atoms with Crippen LogP contribution in [0.1, 0.15) is 26.1 Å². The lowest BCUT2D eigenvalue weighted by atomic mass is 9.95. The molecule has 0 saturated carbocycles. The van der Waals surface area contributed by atoms with Crippen molar-refractivity contribution in [2.45, 2.75) is 32.3 Å². The van der Waals surface area contributed by atoms with Crippen molar-refractivity contribution in [2.24, 2.45) is 7.05 Å². The minimum atomic E-state index is -1.23. The number of rotatable bonds is 4. The van der Waals surface area contributed by atoms with Gasteiger partial charge in [0.25, 0.3) is 0 Å². The first-order valence-electron chi connectivity index (χ1n) is 4.69. The molecule has 1 aromatic heterocycles. The summed E-state index contributed by atoms with van der Waals surface area (Å²) < 4.78 is 1.78. The second-order valence-corrected chi connectivity index (χ2v) is 3.68. The van der Waals surface area contributed by atoms with Gasteiger partial charge < -0.3 is 9.67 Å². The van der Waals surface area contributed by atoms with Crippen molar-refractivity contribution in [1.82, 2.24) is 9.55 Å². The smallest absolute Gasteiger partial charge is 0.171 e. The normalized spacial score (nSPS) is 15.1. The molecule has 78 valence electrons. The molecule has 1 rings (SSSR count). The number of aromatic nitrogens is 2. The quantitative estimate of drug-likeness (QED) is 0.771. The fraction of sp³-hybridized carbons (Fsp3) is 0.600. The van der Waals surface area contributed by atoms with Crippen molar-refractivity contribution in [3.05, 3.63) is 18.2 Å². The Kier molecular flexibility index (Phi) is 3.06. The Morgan fingerprint density at radius 3 is 2.79 bits per heavy atom. The van der Waals surface area contributed by atoms with Crippen LogP contribution in [0.4, 0.5) is 0 Å². The summed E-state index contributed by atoms with van der Waals surface area (Å²) in [6.45, 7) is 3.33. The lowest BCUT2D eigenvalue weighted by molar-refractivity contribution is -0.135. The minimum absolute atomic E-state index is 0.185. The Balaban J connectivity index is 2.71. The van der Waals surface area contributed by atoms with Crippen LogP contribution in [0.15, 0.2) is 12.4 Å². The number of hydrogen-bond donors (Lipinski definition) is 1. The molecule has 1 aromatic rings. The number of nitrogens with zero attached hydrogens (tertiary/aromatic N) is 2. The van der Waals surface area contributed by atoms with Crippen LogP contribution in [0.3, 0.4) is 0 Å². The SMILES string of the molecule is CCC(C)(O)C(=O)Cc1nccn1C. The third-order valence-electron chi connectivity index (χ3n) is 2.53. The average molecular weight is 196 g/mol. The van der Waals surface area contributed by atoms with Crippen molar-refractivity contribution in [3.8, 4) is 0 Å². The maximum Gasteiger partial charge on any atom is 0.171 e. The molecular formula is C10H16N2O2. The monoisotopic (exact) mass is 196 g/mol. The molecule has 0 amide bonds. The molecule has 4 nitrogen and oxygen atoms in total. The van der Waals surface area contributed by atoms with Crippen molar-refractivity contribution in [3.63, 3.8) is 0 Å². The predicted molar refractivity (Wildman–Crippen MR) is 52.8 cm³/mol. The standard InChI is InChI=1S/C10H16N2O2/c1-4-10(2,14)8(13)7-9-11-5-6-12(9)3/h5-6,14H,4,7H2,1-3H3. The zero-order chi connectivity index (χ0) is 10.8. The van der Waals surface area contributed by atoms with Crippen molar-refractivity contribution in [1.29, 1.82) is 0 Å². The van der Waals surface area contributed by atoms with Crippen LogP contribution in [0.5, 0.6) is 0 Å². The number of carbonyl (C=O) groups excluding carboxylic acids is 1. The van der Waals surface area contributed by atoms with E-state index in [-0.39, 0.29) is 12.2 Å². The van der Waals surface area contributed by atoms with Gasteiger partial charge in [0.1, 0.15) is 11.4 Å². The van der Waals surface area contributed by atoms with Gasteiger partial charge in [-0.1, -0.05) is 6.92 Å². The zero-order valence-corrected chi connectivity index (χ0v) is 8.82. The second-order valence-electron chi connectivity index (χ2n) is 3.68. The van der Waals surface area contributed by atoms with E-state index in [0.29, 0.717) is 12.2 Å². The molecule has 1 unspecified atom stereocenters. The highest BCUT2D eigenvalue weighted by Crippen LogP contribution is 2.12. The highest BCUT2D eigenvalue weighted by atomic mass is 16.3. The fourth-order valence-corrected chi connectivity index (χ4v) is 1.10. The van der Waals surface area contributed by atoms with Gasteiger partial charge in [-0.05, 0) is 13.3 Å². The van der Waals surface area contributed by atoms with E-state index in [0.717, 1.165) is 0 Å². The van der Waals surface area contributed by atoms with Crippen LogP contribution >= 0.6 is 0 Å². The molecule has 4 heteroatoms. The van der Waals surface area contributed by atoms with E-state index in [2.05, 4.69) is 4.98 Å². The number of aliphatic hydroxyl groups is 1. The van der Waals surface area contributed by atoms with E-state index in [1.807, 2.05) is 7.05 Å².